The molecule has 9 heteroatoms. The van der Waals surface area contributed by atoms with E-state index in [2.05, 4.69) is 33.9 Å². The van der Waals surface area contributed by atoms with E-state index in [0.29, 0.717) is 17.4 Å². The summed E-state index contributed by atoms with van der Waals surface area (Å²) in [6.07, 6.45) is 3.37. The van der Waals surface area contributed by atoms with Gasteiger partial charge >= 0.3 is 0 Å². The Kier molecular flexibility index (Phi) is 4.40. The second-order valence-electron chi connectivity index (χ2n) is 6.59. The number of fused-ring (bicyclic) bond motifs is 2. The van der Waals surface area contributed by atoms with Gasteiger partial charge in [-0.25, -0.2) is 24.6 Å². The summed E-state index contributed by atoms with van der Waals surface area (Å²) in [6, 6.07) is 9.93. The molecule has 0 aliphatic heterocycles. The molecule has 0 amide bonds. The third-order valence-electron chi connectivity index (χ3n) is 4.77. The Morgan fingerprint density at radius 3 is 2.76 bits per heavy atom. The fraction of sp³-hybridized carbons (Fsp3) is 0.150. The second kappa shape index (κ2) is 7.09. The lowest BCUT2D eigenvalue weighted by Gasteiger charge is -2.05. The van der Waals surface area contributed by atoms with Gasteiger partial charge in [0, 0.05) is 4.88 Å². The van der Waals surface area contributed by atoms with E-state index in [0.717, 1.165) is 37.5 Å². The maximum Gasteiger partial charge on any atom is 0.167 e. The quantitative estimate of drug-likeness (QED) is 0.342. The molecule has 5 rings (SSSR count). The number of nitrogens with zero attached hydrogens (tertiary/aromatic N) is 6. The summed E-state index contributed by atoms with van der Waals surface area (Å²) in [5.74, 6) is 1.80. The van der Waals surface area contributed by atoms with Crippen LogP contribution in [-0.4, -0.2) is 29.7 Å². The molecule has 0 radical (unpaired) electrons. The number of hydrogen-bond donors (Lipinski definition) is 1. The Morgan fingerprint density at radius 1 is 1.10 bits per heavy atom. The van der Waals surface area contributed by atoms with Crippen molar-refractivity contribution in [1.82, 2.24) is 29.7 Å². The maximum absolute atomic E-state index is 6.21. The summed E-state index contributed by atoms with van der Waals surface area (Å²) in [6.45, 7) is 4.14. The van der Waals surface area contributed by atoms with E-state index in [-0.39, 0.29) is 0 Å². The molecule has 0 spiro atoms. The van der Waals surface area contributed by atoms with Gasteiger partial charge in [-0.15, -0.1) is 11.3 Å². The van der Waals surface area contributed by atoms with Crippen molar-refractivity contribution in [3.8, 4) is 5.69 Å². The van der Waals surface area contributed by atoms with E-state index < -0.39 is 0 Å². The molecular weight excluding hydrogens is 402 g/mol. The Bertz CT molecular complexity index is 1340. The van der Waals surface area contributed by atoms with Gasteiger partial charge in [0.05, 0.1) is 28.4 Å². The van der Waals surface area contributed by atoms with Gasteiger partial charge in [0.15, 0.2) is 5.65 Å². The molecule has 5 aromatic rings. The van der Waals surface area contributed by atoms with Crippen molar-refractivity contribution < 1.29 is 0 Å². The normalized spacial score (nSPS) is 11.5. The summed E-state index contributed by atoms with van der Waals surface area (Å²) in [5, 5.41) is 7.21. The van der Waals surface area contributed by atoms with Crippen LogP contribution in [-0.2, 0) is 5.75 Å². The van der Waals surface area contributed by atoms with Gasteiger partial charge in [-0.05, 0) is 31.5 Å². The van der Waals surface area contributed by atoms with Crippen molar-refractivity contribution in [3.05, 3.63) is 59.1 Å². The molecule has 0 saturated carbocycles. The van der Waals surface area contributed by atoms with E-state index in [1.165, 1.54) is 4.88 Å². The predicted molar refractivity (Wildman–Crippen MR) is 118 cm³/mol. The predicted octanol–water partition coefficient (Wildman–Crippen LogP) is 4.31. The number of thioether (sulfide) groups is 1. The molecule has 0 aliphatic carbocycles. The van der Waals surface area contributed by atoms with Crippen molar-refractivity contribution in [2.45, 2.75) is 24.6 Å². The summed E-state index contributed by atoms with van der Waals surface area (Å²) >= 11 is 3.21. The molecular formula is C20H17N7S2. The van der Waals surface area contributed by atoms with Crippen LogP contribution < -0.4 is 5.73 Å². The molecule has 2 N–H and O–H groups in total. The van der Waals surface area contributed by atoms with Crippen LogP contribution >= 0.6 is 23.1 Å². The molecule has 0 fully saturated rings. The topological polar surface area (TPSA) is 95.4 Å². The molecule has 0 atom stereocenters. The van der Waals surface area contributed by atoms with Gasteiger partial charge in [-0.3, -0.25) is 0 Å². The zero-order valence-corrected chi connectivity index (χ0v) is 17.5. The lowest BCUT2D eigenvalue weighted by Crippen LogP contribution is -2.00. The van der Waals surface area contributed by atoms with Gasteiger partial charge in [0.1, 0.15) is 27.8 Å². The van der Waals surface area contributed by atoms with Crippen LogP contribution in [0.1, 0.15) is 16.3 Å². The molecule has 29 heavy (non-hydrogen) atoms. The molecule has 4 aromatic heterocycles. The zero-order valence-electron chi connectivity index (χ0n) is 15.8. The minimum atomic E-state index is 0.539. The highest BCUT2D eigenvalue weighted by Crippen LogP contribution is 2.33. The minimum Gasteiger partial charge on any atom is -0.383 e. The standard InChI is InChI=1S/C20H17N7S2/c1-11-12(2)29-20-16(11)17(21)25-15(26-20)9-28-19-14-8-24-27(18(14)22-10-23-19)13-6-4-3-5-7-13/h3-8,10H,9H2,1-2H3,(H2,21,25,26). The van der Waals surface area contributed by atoms with Crippen molar-refractivity contribution in [2.24, 2.45) is 0 Å². The van der Waals surface area contributed by atoms with Gasteiger partial charge in [0.25, 0.3) is 0 Å². The number of nitrogen functional groups attached to an aromatic ring is 1. The molecule has 1 aromatic carbocycles. The van der Waals surface area contributed by atoms with Crippen LogP contribution in [0.4, 0.5) is 5.82 Å². The molecule has 0 saturated heterocycles. The third kappa shape index (κ3) is 3.12. The third-order valence-corrected chi connectivity index (χ3v) is 6.87. The fourth-order valence-electron chi connectivity index (χ4n) is 3.22. The first-order valence-electron chi connectivity index (χ1n) is 9.01. The average molecular weight is 420 g/mol. The van der Waals surface area contributed by atoms with E-state index in [4.69, 9.17) is 10.7 Å². The molecule has 4 heterocycles. The lowest BCUT2D eigenvalue weighted by molar-refractivity contribution is 0.893. The maximum atomic E-state index is 6.21. The van der Waals surface area contributed by atoms with Crippen molar-refractivity contribution >= 4 is 50.2 Å². The van der Waals surface area contributed by atoms with E-state index in [1.54, 1.807) is 35.6 Å². The van der Waals surface area contributed by atoms with Crippen LogP contribution in [0.2, 0.25) is 0 Å². The van der Waals surface area contributed by atoms with Gasteiger partial charge in [-0.2, -0.15) is 5.10 Å². The number of para-hydroxylation sites is 1. The number of benzene rings is 1. The van der Waals surface area contributed by atoms with Crippen LogP contribution in [0.25, 0.3) is 26.9 Å². The van der Waals surface area contributed by atoms with Crippen molar-refractivity contribution in [2.75, 3.05) is 5.73 Å². The number of nitrogens with two attached hydrogens (primary N) is 1. The second-order valence-corrected chi connectivity index (χ2v) is 8.75. The van der Waals surface area contributed by atoms with Crippen molar-refractivity contribution in [3.63, 3.8) is 0 Å². The highest BCUT2D eigenvalue weighted by molar-refractivity contribution is 7.98. The number of hydrogen-bond acceptors (Lipinski definition) is 8. The number of aryl methyl sites for hydroxylation is 2. The van der Waals surface area contributed by atoms with Crippen LogP contribution in [0.3, 0.4) is 0 Å². The summed E-state index contributed by atoms with van der Waals surface area (Å²) in [5.41, 5.74) is 9.10. The Balaban J connectivity index is 1.47. The Morgan fingerprint density at radius 2 is 1.93 bits per heavy atom. The van der Waals surface area contributed by atoms with Crippen LogP contribution in [0.15, 0.2) is 47.9 Å². The molecule has 0 aliphatic rings. The van der Waals surface area contributed by atoms with Crippen molar-refractivity contribution in [1.29, 1.82) is 0 Å². The molecule has 7 nitrogen and oxygen atoms in total. The van der Waals surface area contributed by atoms with Crippen LogP contribution in [0, 0.1) is 13.8 Å². The Hall–Kier alpha value is -3.04. The van der Waals surface area contributed by atoms with Gasteiger partial charge in [-0.1, -0.05) is 30.0 Å². The highest BCUT2D eigenvalue weighted by atomic mass is 32.2. The largest absolute Gasteiger partial charge is 0.383 e. The number of rotatable bonds is 4. The molecule has 144 valence electrons. The van der Waals surface area contributed by atoms with E-state index in [9.17, 15) is 0 Å². The summed E-state index contributed by atoms with van der Waals surface area (Å²) < 4.78 is 1.82. The number of aromatic nitrogens is 6. The van der Waals surface area contributed by atoms with E-state index >= 15 is 0 Å². The van der Waals surface area contributed by atoms with Gasteiger partial charge in [0.2, 0.25) is 0 Å². The van der Waals surface area contributed by atoms with Crippen LogP contribution in [0.5, 0.6) is 0 Å². The first-order chi connectivity index (χ1) is 14.1. The van der Waals surface area contributed by atoms with Gasteiger partial charge < -0.3 is 5.73 Å². The number of thiophene rings is 1. The number of anilines is 1. The zero-order chi connectivity index (χ0) is 20.0. The van der Waals surface area contributed by atoms with E-state index in [1.807, 2.05) is 35.0 Å². The fourth-order valence-corrected chi connectivity index (χ4v) is 5.09. The average Bonchev–Trinajstić information content (AvgIpc) is 3.28. The molecule has 0 unspecified atom stereocenters. The first-order valence-corrected chi connectivity index (χ1v) is 10.8. The molecule has 0 bridgehead atoms. The summed E-state index contributed by atoms with van der Waals surface area (Å²) in [7, 11) is 0. The summed E-state index contributed by atoms with van der Waals surface area (Å²) in [4.78, 5) is 20.2. The monoisotopic (exact) mass is 419 g/mol. The highest BCUT2D eigenvalue weighted by Gasteiger charge is 2.15. The minimum absolute atomic E-state index is 0.539. The SMILES string of the molecule is Cc1sc2nc(CSc3ncnc4c3cnn4-c3ccccc3)nc(N)c2c1C. The smallest absolute Gasteiger partial charge is 0.167 e. The lowest BCUT2D eigenvalue weighted by atomic mass is 10.2. The Labute approximate surface area is 175 Å². The first kappa shape index (κ1) is 18.0.